The molecule has 5 aromatic rings. The Bertz CT molecular complexity index is 2350. The lowest BCUT2D eigenvalue weighted by atomic mass is 10.00. The Morgan fingerprint density at radius 3 is 2.05 bits per heavy atom. The fraction of sp³-hybridized carbons (Fsp3) is 0.348. The second-order valence-corrected chi connectivity index (χ2v) is 16.1. The number of carbonyl (C=O) groups is 6. The summed E-state index contributed by atoms with van der Waals surface area (Å²) in [4.78, 5) is 84.8. The average Bonchev–Trinajstić information content (AvgIpc) is 3.66. The third-order valence-electron chi connectivity index (χ3n) is 10.5. The molecule has 0 spiro atoms. The van der Waals surface area contributed by atoms with E-state index in [1.165, 1.54) is 12.1 Å². The fourth-order valence-corrected chi connectivity index (χ4v) is 7.33. The summed E-state index contributed by atoms with van der Waals surface area (Å²) < 4.78 is 0. The highest BCUT2D eigenvalue weighted by Crippen LogP contribution is 2.20. The summed E-state index contributed by atoms with van der Waals surface area (Å²) in [5, 5.41) is 25.8. The summed E-state index contributed by atoms with van der Waals surface area (Å²) in [5.74, 6) is -4.47. The number of phenols is 1. The zero-order chi connectivity index (χ0) is 44.8. The molecule has 16 heteroatoms. The van der Waals surface area contributed by atoms with Crippen molar-refractivity contribution in [1.29, 1.82) is 0 Å². The summed E-state index contributed by atoms with van der Waals surface area (Å²) >= 11 is 4.25. The van der Waals surface area contributed by atoms with Crippen LogP contribution >= 0.6 is 12.6 Å². The Morgan fingerprint density at radius 2 is 1.34 bits per heavy atom. The summed E-state index contributed by atoms with van der Waals surface area (Å²) in [7, 11) is 0. The Morgan fingerprint density at radius 1 is 0.694 bits per heavy atom. The highest BCUT2D eigenvalue weighted by atomic mass is 32.1. The monoisotopic (exact) mass is 864 g/mol. The first-order chi connectivity index (χ1) is 29.8. The van der Waals surface area contributed by atoms with Crippen molar-refractivity contribution in [3.8, 4) is 5.75 Å². The van der Waals surface area contributed by atoms with E-state index < -0.39 is 71.6 Å². The minimum atomic E-state index is -1.21. The summed E-state index contributed by atoms with van der Waals surface area (Å²) in [6.07, 6.45) is 3.05. The molecule has 0 saturated heterocycles. The highest BCUT2D eigenvalue weighted by Gasteiger charge is 2.33. The molecule has 0 aliphatic carbocycles. The summed E-state index contributed by atoms with van der Waals surface area (Å²) in [6, 6.07) is 21.3. The number of nitrogens with one attached hydrogen (secondary N) is 6. The number of fused-ring (bicyclic) bond motifs is 2. The zero-order valence-corrected chi connectivity index (χ0v) is 35.8. The molecule has 5 atom stereocenters. The smallest absolute Gasteiger partial charge is 0.249 e. The molecule has 6 amide bonds. The van der Waals surface area contributed by atoms with E-state index in [0.717, 1.165) is 27.2 Å². The lowest BCUT2D eigenvalue weighted by Crippen LogP contribution is -2.60. The van der Waals surface area contributed by atoms with Crippen LogP contribution in [-0.2, 0) is 48.0 Å². The van der Waals surface area contributed by atoms with Crippen LogP contribution in [0.5, 0.6) is 5.75 Å². The number of unbranched alkanes of at least 4 members (excludes halogenated alkanes) is 1. The van der Waals surface area contributed by atoms with Crippen molar-refractivity contribution in [2.75, 3.05) is 12.3 Å². The van der Waals surface area contributed by atoms with E-state index >= 15 is 0 Å². The number of aromatic hydroxyl groups is 1. The van der Waals surface area contributed by atoms with Gasteiger partial charge in [0.25, 0.3) is 0 Å². The van der Waals surface area contributed by atoms with Crippen LogP contribution in [0.3, 0.4) is 0 Å². The maximum absolute atomic E-state index is 14.2. The predicted octanol–water partition coefficient (Wildman–Crippen LogP) is 2.68. The molecule has 11 N–H and O–H groups in total. The number of benzene rings is 4. The third kappa shape index (κ3) is 13.1. The van der Waals surface area contributed by atoms with E-state index in [9.17, 15) is 33.9 Å². The van der Waals surface area contributed by atoms with Gasteiger partial charge in [0.15, 0.2) is 0 Å². The summed E-state index contributed by atoms with van der Waals surface area (Å²) in [5.41, 5.74) is 15.1. The minimum Gasteiger partial charge on any atom is -0.508 e. The quantitative estimate of drug-likeness (QED) is 0.0384. The highest BCUT2D eigenvalue weighted by molar-refractivity contribution is 7.80. The molecule has 4 aromatic carbocycles. The second kappa shape index (κ2) is 22.6. The summed E-state index contributed by atoms with van der Waals surface area (Å²) in [6.45, 7) is 3.77. The lowest BCUT2D eigenvalue weighted by Gasteiger charge is -2.28. The molecule has 15 nitrogen and oxygen atoms in total. The molecule has 0 saturated carbocycles. The van der Waals surface area contributed by atoms with Gasteiger partial charge in [0, 0.05) is 29.3 Å². The van der Waals surface area contributed by atoms with Gasteiger partial charge in [0.05, 0.1) is 12.5 Å². The minimum absolute atomic E-state index is 0.0552. The maximum atomic E-state index is 14.2. The molecule has 0 aliphatic heterocycles. The molecule has 0 bridgehead atoms. The fourth-order valence-electron chi connectivity index (χ4n) is 7.07. The van der Waals surface area contributed by atoms with Gasteiger partial charge in [-0.1, -0.05) is 86.6 Å². The number of rotatable bonds is 21. The number of nitrogens with two attached hydrogens (primary N) is 2. The van der Waals surface area contributed by atoms with Gasteiger partial charge in [-0.15, -0.1) is 0 Å². The largest absolute Gasteiger partial charge is 0.508 e. The lowest BCUT2D eigenvalue weighted by molar-refractivity contribution is -0.136. The number of imide groups is 1. The first kappa shape index (κ1) is 46.8. The number of thiol groups is 1. The van der Waals surface area contributed by atoms with Crippen molar-refractivity contribution in [3.05, 3.63) is 114 Å². The van der Waals surface area contributed by atoms with Gasteiger partial charge in [-0.2, -0.15) is 12.6 Å². The molecule has 328 valence electrons. The number of hydrogen-bond acceptors (Lipinski definition) is 10. The Kier molecular flexibility index (Phi) is 17.0. The Hall–Kier alpha value is -6.23. The number of amides is 6. The van der Waals surface area contributed by atoms with Gasteiger partial charge in [-0.05, 0) is 83.8 Å². The van der Waals surface area contributed by atoms with E-state index in [2.05, 4.69) is 44.2 Å². The van der Waals surface area contributed by atoms with E-state index in [4.69, 9.17) is 11.5 Å². The van der Waals surface area contributed by atoms with Gasteiger partial charge in [0.1, 0.15) is 29.9 Å². The molecule has 62 heavy (non-hydrogen) atoms. The number of aromatic amines is 1. The third-order valence-corrected chi connectivity index (χ3v) is 10.9. The van der Waals surface area contributed by atoms with Crippen LogP contribution in [0, 0.1) is 5.92 Å². The van der Waals surface area contributed by atoms with Gasteiger partial charge >= 0.3 is 0 Å². The standard InChI is InChI=1S/C46H56N8O7S/c1-27(2)41(46(61)52-39(26-62)45(60)53-40(56)23-29-14-17-30-9-3-4-10-31(30)21-29)54-43(58)37(13-7-8-20-47)50-44(59)38(24-32-25-49-36-12-6-5-11-34(32)36)51-42(57)35(48)22-28-15-18-33(55)19-16-28/h3-6,9-12,14-19,21,25,27,35,37-39,41,49,55,62H,7-8,13,20,22-24,26,47-48H2,1-2H3,(H,50,59)(H,51,57)(H,52,61)(H,54,58)(H,53,56,60)/t35?,37?,38-,39?,41?/m1/s1. The topological polar surface area (TPSA) is 251 Å². The van der Waals surface area contributed by atoms with Crippen molar-refractivity contribution in [2.24, 2.45) is 17.4 Å². The van der Waals surface area contributed by atoms with E-state index in [-0.39, 0.29) is 37.2 Å². The van der Waals surface area contributed by atoms with Gasteiger partial charge < -0.3 is 42.8 Å². The molecular formula is C46H56N8O7S. The molecular weight excluding hydrogens is 809 g/mol. The van der Waals surface area contributed by atoms with Crippen LogP contribution in [0.15, 0.2) is 97.2 Å². The van der Waals surface area contributed by atoms with Gasteiger partial charge in [-0.25, -0.2) is 0 Å². The van der Waals surface area contributed by atoms with Crippen molar-refractivity contribution in [3.63, 3.8) is 0 Å². The average molecular weight is 865 g/mol. The number of para-hydroxylation sites is 1. The normalized spacial score (nSPS) is 13.7. The van der Waals surface area contributed by atoms with E-state index in [0.29, 0.717) is 30.5 Å². The van der Waals surface area contributed by atoms with Crippen LogP contribution in [0.4, 0.5) is 0 Å². The van der Waals surface area contributed by atoms with Crippen molar-refractivity contribution in [2.45, 2.75) is 82.6 Å². The molecule has 4 unspecified atom stereocenters. The van der Waals surface area contributed by atoms with Gasteiger partial charge in [-0.3, -0.25) is 34.1 Å². The van der Waals surface area contributed by atoms with E-state index in [1.807, 2.05) is 66.7 Å². The Balaban J connectivity index is 1.27. The number of H-pyrrole nitrogens is 1. The van der Waals surface area contributed by atoms with Gasteiger partial charge in [0.2, 0.25) is 35.4 Å². The van der Waals surface area contributed by atoms with Crippen molar-refractivity contribution >= 4 is 69.7 Å². The molecule has 0 radical (unpaired) electrons. The maximum Gasteiger partial charge on any atom is 0.249 e. The number of hydrogen-bond donors (Lipinski definition) is 10. The molecule has 5 rings (SSSR count). The molecule has 1 heterocycles. The van der Waals surface area contributed by atoms with Crippen LogP contribution < -0.4 is 38.1 Å². The van der Waals surface area contributed by atoms with E-state index in [1.54, 1.807) is 32.2 Å². The van der Waals surface area contributed by atoms with Crippen LogP contribution in [0.1, 0.15) is 49.8 Å². The first-order valence-electron chi connectivity index (χ1n) is 20.7. The number of phenolic OH excluding ortho intramolecular Hbond substituents is 1. The Labute approximate surface area is 365 Å². The predicted molar refractivity (Wildman–Crippen MR) is 242 cm³/mol. The van der Waals surface area contributed by atoms with Crippen LogP contribution in [0.2, 0.25) is 0 Å². The van der Waals surface area contributed by atoms with Crippen LogP contribution in [0.25, 0.3) is 21.7 Å². The number of carbonyl (C=O) groups excluding carboxylic acids is 6. The molecule has 0 fully saturated rings. The van der Waals surface area contributed by atoms with Crippen molar-refractivity contribution < 1.29 is 33.9 Å². The molecule has 1 aromatic heterocycles. The van der Waals surface area contributed by atoms with Crippen LogP contribution in [-0.4, -0.2) is 88.0 Å². The zero-order valence-electron chi connectivity index (χ0n) is 34.9. The van der Waals surface area contributed by atoms with Crippen molar-refractivity contribution in [1.82, 2.24) is 31.6 Å². The number of aromatic nitrogens is 1. The molecule has 0 aliphatic rings. The second-order valence-electron chi connectivity index (χ2n) is 15.7. The SMILES string of the molecule is CC(C)C(NC(=O)C(CCCCN)NC(=O)[C@@H](Cc1c[nH]c2ccccc12)NC(=O)C(N)Cc1ccc(O)cc1)C(=O)NC(CS)C(=O)NC(=O)Cc1ccc2ccccc2c1. The first-order valence-corrected chi connectivity index (χ1v) is 21.3.